The number of nitrogens with zero attached hydrogens (tertiary/aromatic N) is 5. The van der Waals surface area contributed by atoms with Crippen molar-refractivity contribution in [2.45, 2.75) is 46.2 Å². The van der Waals surface area contributed by atoms with E-state index in [1.165, 1.54) is 19.3 Å². The van der Waals surface area contributed by atoms with Crippen LogP contribution in [-0.4, -0.2) is 58.2 Å². The zero-order valence-corrected chi connectivity index (χ0v) is 19.8. The highest BCUT2D eigenvalue weighted by Gasteiger charge is 2.30. The molecule has 0 radical (unpaired) electrons. The van der Waals surface area contributed by atoms with Gasteiger partial charge in [-0.3, -0.25) is 4.90 Å². The van der Waals surface area contributed by atoms with E-state index in [-0.39, 0.29) is 6.09 Å². The van der Waals surface area contributed by atoms with Gasteiger partial charge in [0.2, 0.25) is 0 Å². The van der Waals surface area contributed by atoms with Crippen LogP contribution in [-0.2, 0) is 17.8 Å². The molecule has 0 N–H and O–H groups in total. The van der Waals surface area contributed by atoms with Crippen LogP contribution in [0, 0.1) is 24.3 Å². The lowest BCUT2D eigenvalue weighted by molar-refractivity contribution is 0.0370. The van der Waals surface area contributed by atoms with E-state index in [9.17, 15) is 4.79 Å². The van der Waals surface area contributed by atoms with Crippen LogP contribution in [0.15, 0.2) is 36.8 Å². The Morgan fingerprint density at radius 1 is 1.09 bits per heavy atom. The van der Waals surface area contributed by atoms with Gasteiger partial charge in [-0.15, -0.1) is 0 Å². The molecule has 1 saturated carbocycles. The number of imidazole rings is 1. The zero-order chi connectivity index (χ0) is 23.2. The van der Waals surface area contributed by atoms with Gasteiger partial charge >= 0.3 is 6.09 Å². The van der Waals surface area contributed by atoms with Crippen LogP contribution in [0.1, 0.15) is 44.4 Å². The van der Waals surface area contributed by atoms with Crippen LogP contribution in [0.25, 0.3) is 4.85 Å². The van der Waals surface area contributed by atoms with Crippen molar-refractivity contribution in [2.75, 3.05) is 32.8 Å². The third-order valence-electron chi connectivity index (χ3n) is 7.41. The second-order valence-electron chi connectivity index (χ2n) is 9.68. The number of carbonyl (C=O) groups is 1. The van der Waals surface area contributed by atoms with Crippen LogP contribution in [0.4, 0.5) is 10.5 Å². The van der Waals surface area contributed by atoms with E-state index in [0.29, 0.717) is 43.1 Å². The van der Waals surface area contributed by atoms with Crippen LogP contribution in [0.2, 0.25) is 0 Å². The smallest absolute Gasteiger partial charge is 0.409 e. The second-order valence-corrected chi connectivity index (χ2v) is 9.68. The number of rotatable bonds is 6. The lowest BCUT2D eigenvalue weighted by atomic mass is 9.74. The van der Waals surface area contributed by atoms with Crippen LogP contribution in [0.5, 0.6) is 0 Å². The molecule has 0 bridgehead atoms. The van der Waals surface area contributed by atoms with Crippen molar-refractivity contribution in [1.82, 2.24) is 19.4 Å². The van der Waals surface area contributed by atoms with Gasteiger partial charge in [0.1, 0.15) is 0 Å². The predicted octanol–water partition coefficient (Wildman–Crippen LogP) is 4.81. The number of aromatic nitrogens is 2. The topological polar surface area (TPSA) is 55.0 Å². The Morgan fingerprint density at radius 3 is 2.45 bits per heavy atom. The van der Waals surface area contributed by atoms with E-state index in [2.05, 4.69) is 33.1 Å². The quantitative estimate of drug-likeness (QED) is 0.594. The molecule has 33 heavy (non-hydrogen) atoms. The Kier molecular flexibility index (Phi) is 7.66. The molecule has 2 aliphatic rings. The van der Waals surface area contributed by atoms with Crippen molar-refractivity contribution in [1.29, 1.82) is 0 Å². The molecule has 1 aliphatic carbocycles. The zero-order valence-electron chi connectivity index (χ0n) is 19.8. The average Bonchev–Trinajstić information content (AvgIpc) is 3.26. The fraction of sp³-hybridized carbons (Fsp3) is 0.577. The van der Waals surface area contributed by atoms with Gasteiger partial charge in [0, 0.05) is 45.5 Å². The first-order valence-electron chi connectivity index (χ1n) is 12.1. The fourth-order valence-electron chi connectivity index (χ4n) is 5.15. The maximum atomic E-state index is 12.6. The summed E-state index contributed by atoms with van der Waals surface area (Å²) < 4.78 is 7.89. The Morgan fingerprint density at radius 2 is 1.79 bits per heavy atom. The first-order valence-corrected chi connectivity index (χ1v) is 12.1. The molecule has 176 valence electrons. The first-order chi connectivity index (χ1) is 16.0. The highest BCUT2D eigenvalue weighted by atomic mass is 16.6. The molecular weight excluding hydrogens is 414 g/mol. The first kappa shape index (κ1) is 23.3. The van der Waals surface area contributed by atoms with E-state index < -0.39 is 0 Å². The molecule has 1 aromatic carbocycles. The van der Waals surface area contributed by atoms with E-state index in [1.54, 1.807) is 0 Å². The van der Waals surface area contributed by atoms with E-state index in [0.717, 1.165) is 37.4 Å². The van der Waals surface area contributed by atoms with E-state index in [4.69, 9.17) is 11.3 Å². The number of ether oxygens (including phenoxy) is 1. The van der Waals surface area contributed by atoms with E-state index in [1.807, 2.05) is 41.7 Å². The summed E-state index contributed by atoms with van der Waals surface area (Å²) >= 11 is 0. The van der Waals surface area contributed by atoms with Gasteiger partial charge in [0.15, 0.2) is 5.69 Å². The SMILES string of the molecule is [C-]#[N+]c1ccc(Cn2cncc2CN2CCN(C(=O)OCC3[C@H](C)CCC[C@@H]3C)CC2)cc1. The predicted molar refractivity (Wildman–Crippen MR) is 128 cm³/mol. The summed E-state index contributed by atoms with van der Waals surface area (Å²) in [6, 6.07) is 7.70. The standard InChI is InChI=1S/C26H35N5O2/c1-20-5-4-6-21(2)25(20)18-33-26(32)30-13-11-29(12-14-30)17-24-15-28-19-31(24)16-22-7-9-23(27-3)10-8-22/h7-10,15,19-21,25H,4-6,11-14,16-18H2,1-2H3/t20-,21+,25?. The number of hydrogen-bond acceptors (Lipinski definition) is 4. The summed E-state index contributed by atoms with van der Waals surface area (Å²) in [5.74, 6) is 1.75. The third kappa shape index (κ3) is 5.94. The molecule has 2 heterocycles. The maximum Gasteiger partial charge on any atom is 0.409 e. The Labute approximate surface area is 197 Å². The Balaban J connectivity index is 1.24. The van der Waals surface area contributed by atoms with Gasteiger partial charge in [-0.2, -0.15) is 0 Å². The molecule has 2 aromatic rings. The third-order valence-corrected chi connectivity index (χ3v) is 7.41. The van der Waals surface area contributed by atoms with Crippen LogP contribution in [0.3, 0.4) is 0 Å². The van der Waals surface area contributed by atoms with E-state index >= 15 is 0 Å². The minimum absolute atomic E-state index is 0.160. The fourth-order valence-corrected chi connectivity index (χ4v) is 5.15. The van der Waals surface area contributed by atoms with Gasteiger partial charge in [-0.05, 0) is 23.3 Å². The summed E-state index contributed by atoms with van der Waals surface area (Å²) in [5, 5.41) is 0. The second kappa shape index (κ2) is 10.8. The minimum atomic E-state index is -0.160. The van der Waals surface area contributed by atoms with Crippen LogP contribution >= 0.6 is 0 Å². The van der Waals surface area contributed by atoms with Gasteiger partial charge < -0.3 is 14.2 Å². The van der Waals surface area contributed by atoms with Crippen molar-refractivity contribution in [3.8, 4) is 0 Å². The number of carbonyl (C=O) groups excluding carboxylic acids is 1. The summed E-state index contributed by atoms with van der Waals surface area (Å²) in [4.78, 5) is 24.6. The molecule has 1 aromatic heterocycles. The molecule has 7 nitrogen and oxygen atoms in total. The summed E-state index contributed by atoms with van der Waals surface area (Å²) in [5.41, 5.74) is 2.96. The highest BCUT2D eigenvalue weighted by molar-refractivity contribution is 5.67. The van der Waals surface area contributed by atoms with Gasteiger partial charge in [-0.1, -0.05) is 57.4 Å². The van der Waals surface area contributed by atoms with Crippen molar-refractivity contribution < 1.29 is 9.53 Å². The lowest BCUT2D eigenvalue weighted by Crippen LogP contribution is -2.49. The molecule has 0 spiro atoms. The van der Waals surface area contributed by atoms with Gasteiger partial charge in [-0.25, -0.2) is 14.6 Å². The number of piperazine rings is 1. The van der Waals surface area contributed by atoms with Crippen molar-refractivity contribution >= 4 is 11.8 Å². The monoisotopic (exact) mass is 449 g/mol. The Hall–Kier alpha value is -2.85. The molecule has 1 amide bonds. The summed E-state index contributed by atoms with van der Waals surface area (Å²) in [7, 11) is 0. The van der Waals surface area contributed by atoms with Gasteiger partial charge in [0.25, 0.3) is 0 Å². The number of benzene rings is 1. The van der Waals surface area contributed by atoms with Crippen molar-refractivity contribution in [3.63, 3.8) is 0 Å². The highest BCUT2D eigenvalue weighted by Crippen LogP contribution is 2.34. The normalized spacial score (nSPS) is 23.8. The average molecular weight is 450 g/mol. The molecular formula is C26H35N5O2. The lowest BCUT2D eigenvalue weighted by Gasteiger charge is -2.36. The number of hydrogen-bond donors (Lipinski definition) is 0. The van der Waals surface area contributed by atoms with Gasteiger partial charge in [0.05, 0.1) is 25.2 Å². The summed E-state index contributed by atoms with van der Waals surface area (Å²) in [6.07, 6.45) is 7.40. The molecule has 4 rings (SSSR count). The Bertz CT molecular complexity index is 946. The van der Waals surface area contributed by atoms with Crippen molar-refractivity contribution in [3.05, 3.63) is 59.5 Å². The number of amides is 1. The maximum absolute atomic E-state index is 12.6. The van der Waals surface area contributed by atoms with Crippen LogP contribution < -0.4 is 0 Å². The molecule has 1 aliphatic heterocycles. The largest absolute Gasteiger partial charge is 0.449 e. The molecule has 1 unspecified atom stereocenters. The summed E-state index contributed by atoms with van der Waals surface area (Å²) in [6.45, 7) is 16.8. The molecule has 2 fully saturated rings. The molecule has 3 atom stereocenters. The van der Waals surface area contributed by atoms with Crippen molar-refractivity contribution in [2.24, 2.45) is 17.8 Å². The minimum Gasteiger partial charge on any atom is -0.449 e. The molecule has 7 heteroatoms. The molecule has 1 saturated heterocycles.